The summed E-state index contributed by atoms with van der Waals surface area (Å²) >= 11 is 0. The van der Waals surface area contributed by atoms with Crippen LogP contribution in [-0.2, 0) is 19.3 Å². The van der Waals surface area contributed by atoms with Crippen LogP contribution in [0.15, 0.2) is 75.9 Å². The lowest BCUT2D eigenvalue weighted by molar-refractivity contribution is -0.137. The zero-order valence-electron chi connectivity index (χ0n) is 19.2. The third-order valence-corrected chi connectivity index (χ3v) is 6.31. The van der Waals surface area contributed by atoms with Gasteiger partial charge >= 0.3 is 12.1 Å². The second kappa shape index (κ2) is 8.75. The van der Waals surface area contributed by atoms with Crippen LogP contribution in [0.1, 0.15) is 34.0 Å². The maximum Gasteiger partial charge on any atom is 0.416 e. The molecule has 9 heteroatoms. The maximum atomic E-state index is 13.8. The zero-order valence-corrected chi connectivity index (χ0v) is 19.2. The minimum Gasteiger partial charge on any atom is -0.478 e. The van der Waals surface area contributed by atoms with E-state index in [0.717, 1.165) is 23.3 Å². The van der Waals surface area contributed by atoms with E-state index in [1.165, 1.54) is 29.2 Å². The van der Waals surface area contributed by atoms with E-state index in [-0.39, 0.29) is 40.3 Å². The Morgan fingerprint density at radius 3 is 2.25 bits per heavy atom. The molecule has 2 heterocycles. The Morgan fingerprint density at radius 1 is 1.00 bits per heavy atom. The summed E-state index contributed by atoms with van der Waals surface area (Å²) in [5.74, 6) is -0.996. The molecule has 0 unspecified atom stereocenters. The number of carboxylic acids is 1. The van der Waals surface area contributed by atoms with Crippen molar-refractivity contribution in [2.24, 2.45) is 0 Å². The molecular weight excluding hydrogens is 473 g/mol. The van der Waals surface area contributed by atoms with E-state index in [4.69, 9.17) is 4.42 Å². The number of anilines is 3. The summed E-state index contributed by atoms with van der Waals surface area (Å²) in [5.41, 5.74) is 0.530. The Labute approximate surface area is 203 Å². The smallest absolute Gasteiger partial charge is 0.416 e. The maximum absolute atomic E-state index is 13.8. The molecule has 5 rings (SSSR count). The molecule has 1 aromatic heterocycles. The molecular formula is C27H21F3N2O4. The summed E-state index contributed by atoms with van der Waals surface area (Å²) in [7, 11) is 0. The van der Waals surface area contributed by atoms with Gasteiger partial charge in [0.25, 0.3) is 0 Å². The molecule has 1 aliphatic heterocycles. The molecule has 1 aliphatic rings. The number of hydrogen-bond donors (Lipinski definition) is 1. The van der Waals surface area contributed by atoms with Crippen LogP contribution < -0.4 is 15.2 Å². The summed E-state index contributed by atoms with van der Waals surface area (Å²) in [6.07, 6.45) is -4.73. The van der Waals surface area contributed by atoms with Crippen molar-refractivity contribution in [3.63, 3.8) is 0 Å². The predicted molar refractivity (Wildman–Crippen MR) is 130 cm³/mol. The number of alkyl halides is 3. The second-order valence-corrected chi connectivity index (χ2v) is 8.51. The van der Waals surface area contributed by atoms with Gasteiger partial charge in [0, 0.05) is 25.7 Å². The SMILES string of the molecule is CCN(c1ccccc1C(=O)O)c1cc(C(F)(F)F)cc2c(=O)cc(N3Cc4ccccc4C3)oc12. The normalized spacial score (nSPS) is 13.2. The van der Waals surface area contributed by atoms with E-state index >= 15 is 0 Å². The molecule has 0 spiro atoms. The van der Waals surface area contributed by atoms with Crippen molar-refractivity contribution in [2.45, 2.75) is 26.2 Å². The van der Waals surface area contributed by atoms with Crippen LogP contribution in [-0.4, -0.2) is 17.6 Å². The van der Waals surface area contributed by atoms with Crippen LogP contribution in [0.2, 0.25) is 0 Å². The number of aromatic carboxylic acids is 1. The summed E-state index contributed by atoms with van der Waals surface area (Å²) < 4.78 is 47.6. The second-order valence-electron chi connectivity index (χ2n) is 8.51. The van der Waals surface area contributed by atoms with E-state index in [0.29, 0.717) is 13.1 Å². The first-order valence-electron chi connectivity index (χ1n) is 11.3. The minimum absolute atomic E-state index is 0.0355. The van der Waals surface area contributed by atoms with Crippen LogP contribution in [0, 0.1) is 0 Å². The number of nitrogens with zero attached hydrogens (tertiary/aromatic N) is 2. The number of rotatable bonds is 5. The lowest BCUT2D eigenvalue weighted by Crippen LogP contribution is -2.22. The quantitative estimate of drug-likeness (QED) is 0.357. The van der Waals surface area contributed by atoms with Gasteiger partial charge in [0.2, 0.25) is 5.88 Å². The van der Waals surface area contributed by atoms with Crippen LogP contribution in [0.4, 0.5) is 30.4 Å². The number of benzene rings is 3. The Balaban J connectivity index is 1.74. The third-order valence-electron chi connectivity index (χ3n) is 6.31. The fraction of sp³-hybridized carbons (Fsp3) is 0.185. The van der Waals surface area contributed by atoms with Gasteiger partial charge < -0.3 is 19.3 Å². The molecule has 0 fully saturated rings. The topological polar surface area (TPSA) is 74.0 Å². The first kappa shape index (κ1) is 23.5. The molecule has 1 N–H and O–H groups in total. The van der Waals surface area contributed by atoms with Gasteiger partial charge in [0.1, 0.15) is 0 Å². The van der Waals surface area contributed by atoms with Gasteiger partial charge in [0.15, 0.2) is 11.0 Å². The molecule has 0 bridgehead atoms. The van der Waals surface area contributed by atoms with Crippen LogP contribution in [0.5, 0.6) is 0 Å². The molecule has 0 atom stereocenters. The van der Waals surface area contributed by atoms with Crippen LogP contribution >= 0.6 is 0 Å². The third kappa shape index (κ3) is 4.06. The fourth-order valence-corrected chi connectivity index (χ4v) is 4.60. The molecule has 0 radical (unpaired) electrons. The van der Waals surface area contributed by atoms with E-state index in [9.17, 15) is 27.9 Å². The summed E-state index contributed by atoms with van der Waals surface area (Å²) in [5, 5.41) is 9.45. The Morgan fingerprint density at radius 2 is 1.64 bits per heavy atom. The largest absolute Gasteiger partial charge is 0.478 e. The highest BCUT2D eigenvalue weighted by molar-refractivity contribution is 5.99. The molecule has 0 amide bonds. The van der Waals surface area contributed by atoms with Gasteiger partial charge in [0.05, 0.1) is 27.9 Å². The fourth-order valence-electron chi connectivity index (χ4n) is 4.60. The monoisotopic (exact) mass is 494 g/mol. The van der Waals surface area contributed by atoms with E-state index in [1.54, 1.807) is 13.0 Å². The van der Waals surface area contributed by atoms with E-state index in [2.05, 4.69) is 0 Å². The molecule has 0 aliphatic carbocycles. The lowest BCUT2D eigenvalue weighted by atomic mass is 10.1. The molecule has 0 saturated carbocycles. The van der Waals surface area contributed by atoms with Crippen molar-refractivity contribution in [3.05, 3.63) is 99.2 Å². The Kier molecular flexibility index (Phi) is 5.70. The Hall–Kier alpha value is -4.27. The number of para-hydroxylation sites is 1. The molecule has 3 aromatic carbocycles. The van der Waals surface area contributed by atoms with Crippen molar-refractivity contribution in [3.8, 4) is 0 Å². The van der Waals surface area contributed by atoms with Crippen molar-refractivity contribution < 1.29 is 27.5 Å². The summed E-state index contributed by atoms with van der Waals surface area (Å²) in [6.45, 7) is 2.79. The summed E-state index contributed by atoms with van der Waals surface area (Å²) in [6, 6.07) is 16.7. The molecule has 0 saturated heterocycles. The average molecular weight is 494 g/mol. The minimum atomic E-state index is -4.73. The van der Waals surface area contributed by atoms with Crippen LogP contribution in [0.3, 0.4) is 0 Å². The molecule has 6 nitrogen and oxygen atoms in total. The van der Waals surface area contributed by atoms with Gasteiger partial charge in [-0.3, -0.25) is 4.79 Å². The number of fused-ring (bicyclic) bond motifs is 2. The van der Waals surface area contributed by atoms with E-state index < -0.39 is 23.1 Å². The highest BCUT2D eigenvalue weighted by Gasteiger charge is 2.34. The van der Waals surface area contributed by atoms with Crippen LogP contribution in [0.25, 0.3) is 11.0 Å². The zero-order chi connectivity index (χ0) is 25.6. The van der Waals surface area contributed by atoms with Gasteiger partial charge in [-0.25, -0.2) is 4.79 Å². The first-order valence-corrected chi connectivity index (χ1v) is 11.3. The average Bonchev–Trinajstić information content (AvgIpc) is 3.28. The van der Waals surface area contributed by atoms with Crippen molar-refractivity contribution >= 4 is 34.2 Å². The number of carbonyl (C=O) groups is 1. The van der Waals surface area contributed by atoms with Crippen molar-refractivity contribution in [1.82, 2.24) is 0 Å². The summed E-state index contributed by atoms with van der Waals surface area (Å²) in [4.78, 5) is 28.2. The van der Waals surface area contributed by atoms with Crippen molar-refractivity contribution in [2.75, 3.05) is 16.3 Å². The van der Waals surface area contributed by atoms with Gasteiger partial charge in [-0.05, 0) is 42.3 Å². The predicted octanol–water partition coefficient (Wildman–Crippen LogP) is 6.19. The molecule has 184 valence electrons. The van der Waals surface area contributed by atoms with Gasteiger partial charge in [-0.2, -0.15) is 13.2 Å². The first-order chi connectivity index (χ1) is 17.2. The number of halogens is 3. The lowest BCUT2D eigenvalue weighted by Gasteiger charge is -2.27. The van der Waals surface area contributed by atoms with Gasteiger partial charge in [-0.1, -0.05) is 36.4 Å². The number of hydrogen-bond acceptors (Lipinski definition) is 5. The molecule has 36 heavy (non-hydrogen) atoms. The van der Waals surface area contributed by atoms with E-state index in [1.807, 2.05) is 29.2 Å². The highest BCUT2D eigenvalue weighted by atomic mass is 19.4. The highest BCUT2D eigenvalue weighted by Crippen LogP contribution is 2.40. The van der Waals surface area contributed by atoms with Crippen molar-refractivity contribution in [1.29, 1.82) is 0 Å². The Bertz CT molecular complexity index is 1520. The van der Waals surface area contributed by atoms with Gasteiger partial charge in [-0.15, -0.1) is 0 Å². The number of carboxylic acid groups (broad SMARTS) is 1. The molecule has 4 aromatic rings. The standard InChI is InChI=1S/C27H21F3N2O4/c1-2-32(21-10-6-5-9-19(21)26(34)35)22-12-18(27(28,29)30)11-20-23(33)13-24(36-25(20)22)31-14-16-7-3-4-8-17(16)15-31/h3-13H,2,14-15H2,1H3,(H,34,35).